The lowest BCUT2D eigenvalue weighted by molar-refractivity contribution is 0.0392. The monoisotopic (exact) mass is 344 g/mol. The van der Waals surface area contributed by atoms with Gasteiger partial charge in [-0.2, -0.15) is 0 Å². The highest BCUT2D eigenvalue weighted by molar-refractivity contribution is 5.28. The molecule has 1 aliphatic heterocycles. The maximum Gasteiger partial charge on any atom is 0.120 e. The Morgan fingerprint density at radius 2 is 2.20 bits per heavy atom. The van der Waals surface area contributed by atoms with Gasteiger partial charge < -0.3 is 19.8 Å². The van der Waals surface area contributed by atoms with E-state index >= 15 is 0 Å². The zero-order chi connectivity index (χ0) is 17.3. The molecule has 6 nitrogen and oxygen atoms in total. The van der Waals surface area contributed by atoms with Crippen LogP contribution in [-0.2, 0) is 17.8 Å². The smallest absolute Gasteiger partial charge is 0.120 e. The molecule has 3 rings (SSSR count). The lowest BCUT2D eigenvalue weighted by Gasteiger charge is -2.31. The van der Waals surface area contributed by atoms with Gasteiger partial charge in [0.05, 0.1) is 6.54 Å². The lowest BCUT2D eigenvalue weighted by Crippen LogP contribution is -2.38. The maximum absolute atomic E-state index is 5.94. The topological polar surface area (TPSA) is 62.4 Å². The molecule has 0 aliphatic carbocycles. The molecule has 2 heterocycles. The van der Waals surface area contributed by atoms with E-state index in [-0.39, 0.29) is 0 Å². The summed E-state index contributed by atoms with van der Waals surface area (Å²) in [6.07, 6.45) is 5.84. The Labute approximate surface area is 149 Å². The van der Waals surface area contributed by atoms with Crippen molar-refractivity contribution in [2.45, 2.75) is 32.0 Å². The number of imidazole rings is 1. The van der Waals surface area contributed by atoms with Gasteiger partial charge in [0.25, 0.3) is 0 Å². The summed E-state index contributed by atoms with van der Waals surface area (Å²) in [5, 5.41) is 3.38. The van der Waals surface area contributed by atoms with Crippen LogP contribution in [-0.4, -0.2) is 54.3 Å². The van der Waals surface area contributed by atoms with Crippen LogP contribution in [0.5, 0.6) is 5.75 Å². The summed E-state index contributed by atoms with van der Waals surface area (Å²) in [6, 6.07) is 8.89. The molecule has 2 N–H and O–H groups in total. The SMILES string of the molecule is CN(CCOc1cccc(CNCc2ncc[nH]2)c1)C1CCOCC1. The Kier molecular flexibility index (Phi) is 6.85. The van der Waals surface area contributed by atoms with Crippen LogP contribution in [0.25, 0.3) is 0 Å². The standard InChI is InChI=1S/C19H28N4O2/c1-23(17-5-10-24-11-6-17)9-12-25-18-4-2-3-16(13-18)14-20-15-19-21-7-8-22-19/h2-4,7-8,13,17,20H,5-6,9-12,14-15H2,1H3,(H,21,22). The second kappa shape index (κ2) is 9.56. The van der Waals surface area contributed by atoms with Crippen molar-refractivity contribution in [2.75, 3.05) is 33.4 Å². The summed E-state index contributed by atoms with van der Waals surface area (Å²) in [7, 11) is 2.17. The van der Waals surface area contributed by atoms with Gasteiger partial charge in [-0.3, -0.25) is 4.90 Å². The zero-order valence-corrected chi connectivity index (χ0v) is 14.9. The van der Waals surface area contributed by atoms with Crippen molar-refractivity contribution in [3.05, 3.63) is 48.0 Å². The van der Waals surface area contributed by atoms with Gasteiger partial charge in [0.1, 0.15) is 18.2 Å². The van der Waals surface area contributed by atoms with Gasteiger partial charge in [0.15, 0.2) is 0 Å². The number of nitrogens with zero attached hydrogens (tertiary/aromatic N) is 2. The summed E-state index contributed by atoms with van der Waals surface area (Å²) < 4.78 is 11.4. The van der Waals surface area contributed by atoms with E-state index in [0.717, 1.165) is 57.3 Å². The van der Waals surface area contributed by atoms with E-state index in [0.29, 0.717) is 12.6 Å². The minimum absolute atomic E-state index is 0.620. The van der Waals surface area contributed by atoms with E-state index in [1.54, 1.807) is 6.20 Å². The Bertz CT molecular complexity index is 612. The third-order valence-corrected chi connectivity index (χ3v) is 4.60. The summed E-state index contributed by atoms with van der Waals surface area (Å²) in [4.78, 5) is 9.68. The molecular formula is C19H28N4O2. The Morgan fingerprint density at radius 1 is 1.32 bits per heavy atom. The normalized spacial score (nSPS) is 15.6. The summed E-state index contributed by atoms with van der Waals surface area (Å²) >= 11 is 0. The first-order valence-electron chi connectivity index (χ1n) is 9.00. The number of aromatic nitrogens is 2. The number of rotatable bonds is 9. The summed E-state index contributed by atoms with van der Waals surface area (Å²) in [5.74, 6) is 1.88. The predicted octanol–water partition coefficient (Wildman–Crippen LogP) is 2.19. The van der Waals surface area contributed by atoms with Crippen LogP contribution < -0.4 is 10.1 Å². The van der Waals surface area contributed by atoms with E-state index < -0.39 is 0 Å². The van der Waals surface area contributed by atoms with Gasteiger partial charge in [-0.1, -0.05) is 12.1 Å². The lowest BCUT2D eigenvalue weighted by atomic mass is 10.1. The van der Waals surface area contributed by atoms with Crippen molar-refractivity contribution in [3.8, 4) is 5.75 Å². The summed E-state index contributed by atoms with van der Waals surface area (Å²) in [5.41, 5.74) is 1.21. The number of likely N-dealkylation sites (N-methyl/N-ethyl adjacent to an activating group) is 1. The molecular weight excluding hydrogens is 316 g/mol. The van der Waals surface area contributed by atoms with Gasteiger partial charge in [-0.25, -0.2) is 4.98 Å². The molecule has 1 aromatic heterocycles. The highest BCUT2D eigenvalue weighted by atomic mass is 16.5. The van der Waals surface area contributed by atoms with Crippen LogP contribution in [0.3, 0.4) is 0 Å². The average Bonchev–Trinajstić information content (AvgIpc) is 3.16. The molecule has 25 heavy (non-hydrogen) atoms. The molecule has 2 aromatic rings. The molecule has 1 aliphatic rings. The van der Waals surface area contributed by atoms with E-state index in [1.807, 2.05) is 18.3 Å². The van der Waals surface area contributed by atoms with Crippen molar-refractivity contribution in [1.29, 1.82) is 0 Å². The molecule has 0 radical (unpaired) electrons. The first kappa shape index (κ1) is 17.9. The molecule has 1 aromatic carbocycles. The number of hydrogen-bond donors (Lipinski definition) is 2. The van der Waals surface area contributed by atoms with E-state index in [1.165, 1.54) is 5.56 Å². The van der Waals surface area contributed by atoms with E-state index in [9.17, 15) is 0 Å². The fourth-order valence-corrected chi connectivity index (χ4v) is 3.08. The number of benzene rings is 1. The predicted molar refractivity (Wildman–Crippen MR) is 97.5 cm³/mol. The van der Waals surface area contributed by atoms with Crippen LogP contribution in [0.1, 0.15) is 24.2 Å². The largest absolute Gasteiger partial charge is 0.492 e. The van der Waals surface area contributed by atoms with Crippen LogP contribution >= 0.6 is 0 Å². The average molecular weight is 344 g/mol. The number of aromatic amines is 1. The molecule has 1 saturated heterocycles. The quantitative estimate of drug-likeness (QED) is 0.730. The number of ether oxygens (including phenoxy) is 2. The highest BCUT2D eigenvalue weighted by Crippen LogP contribution is 2.15. The van der Waals surface area contributed by atoms with Crippen molar-refractivity contribution in [3.63, 3.8) is 0 Å². The third kappa shape index (κ3) is 5.85. The Balaban J connectivity index is 1.38. The number of H-pyrrole nitrogens is 1. The van der Waals surface area contributed by atoms with Crippen LogP contribution in [0.4, 0.5) is 0 Å². The van der Waals surface area contributed by atoms with Gasteiger partial charge >= 0.3 is 0 Å². The van der Waals surface area contributed by atoms with Crippen LogP contribution in [0.2, 0.25) is 0 Å². The van der Waals surface area contributed by atoms with Gasteiger partial charge in [0, 0.05) is 44.7 Å². The van der Waals surface area contributed by atoms with Gasteiger partial charge in [0.2, 0.25) is 0 Å². The molecule has 0 unspecified atom stereocenters. The molecule has 136 valence electrons. The fraction of sp³-hybridized carbons (Fsp3) is 0.526. The molecule has 0 bridgehead atoms. The van der Waals surface area contributed by atoms with Crippen molar-refractivity contribution in [1.82, 2.24) is 20.2 Å². The second-order valence-corrected chi connectivity index (χ2v) is 6.46. The molecule has 0 atom stereocenters. The van der Waals surface area contributed by atoms with Crippen LogP contribution in [0, 0.1) is 0 Å². The van der Waals surface area contributed by atoms with Crippen molar-refractivity contribution >= 4 is 0 Å². The number of hydrogen-bond acceptors (Lipinski definition) is 5. The van der Waals surface area contributed by atoms with E-state index in [2.05, 4.69) is 39.4 Å². The summed E-state index contributed by atoms with van der Waals surface area (Å²) in [6.45, 7) is 4.92. The molecule has 0 amide bonds. The highest BCUT2D eigenvalue weighted by Gasteiger charge is 2.17. The zero-order valence-electron chi connectivity index (χ0n) is 14.9. The first-order chi connectivity index (χ1) is 12.3. The second-order valence-electron chi connectivity index (χ2n) is 6.46. The number of nitrogens with one attached hydrogen (secondary N) is 2. The fourth-order valence-electron chi connectivity index (χ4n) is 3.08. The third-order valence-electron chi connectivity index (χ3n) is 4.60. The first-order valence-corrected chi connectivity index (χ1v) is 9.00. The minimum Gasteiger partial charge on any atom is -0.492 e. The van der Waals surface area contributed by atoms with E-state index in [4.69, 9.17) is 9.47 Å². The Morgan fingerprint density at radius 3 is 3.00 bits per heavy atom. The van der Waals surface area contributed by atoms with Crippen molar-refractivity contribution < 1.29 is 9.47 Å². The molecule has 0 saturated carbocycles. The maximum atomic E-state index is 5.94. The van der Waals surface area contributed by atoms with Crippen molar-refractivity contribution in [2.24, 2.45) is 0 Å². The van der Waals surface area contributed by atoms with Gasteiger partial charge in [-0.05, 0) is 37.6 Å². The Hall–Kier alpha value is -1.89. The molecule has 0 spiro atoms. The molecule has 1 fully saturated rings. The van der Waals surface area contributed by atoms with Crippen LogP contribution in [0.15, 0.2) is 36.7 Å². The van der Waals surface area contributed by atoms with Gasteiger partial charge in [-0.15, -0.1) is 0 Å². The minimum atomic E-state index is 0.620. The molecule has 6 heteroatoms.